The third-order valence-corrected chi connectivity index (χ3v) is 4.64. The van der Waals surface area contributed by atoms with Gasteiger partial charge in [-0.1, -0.05) is 56.0 Å². The molecule has 1 aromatic carbocycles. The Morgan fingerprint density at radius 1 is 1.05 bits per heavy atom. The van der Waals surface area contributed by atoms with Gasteiger partial charge in [0, 0.05) is 6.04 Å². The van der Waals surface area contributed by atoms with Crippen molar-refractivity contribution in [2.24, 2.45) is 0 Å². The van der Waals surface area contributed by atoms with Gasteiger partial charge in [0.25, 0.3) is 0 Å². The number of rotatable bonds is 3. The molecule has 2 aliphatic rings. The lowest BCUT2D eigenvalue weighted by molar-refractivity contribution is -0.131. The van der Waals surface area contributed by atoms with Gasteiger partial charge in [-0.05, 0) is 24.8 Å². The number of nitrogens with zero attached hydrogens (tertiary/aromatic N) is 1. The van der Waals surface area contributed by atoms with E-state index in [1.54, 1.807) is 0 Å². The molecule has 2 fully saturated rings. The zero-order valence-corrected chi connectivity index (χ0v) is 12.1. The Bertz CT molecular complexity index is 438. The summed E-state index contributed by atoms with van der Waals surface area (Å²) in [6.45, 7) is 0.737. The molecular weight excluding hydrogens is 248 g/mol. The van der Waals surface area contributed by atoms with Crippen molar-refractivity contribution in [1.82, 2.24) is 10.2 Å². The summed E-state index contributed by atoms with van der Waals surface area (Å²) in [6, 6.07) is 10.7. The standard InChI is InChI=1S/C17H24N2O/c20-17-16(12-14-8-4-3-5-9-14)18-13-19(17)15-10-6-1-2-7-11-15/h3-5,8-9,15-16,18H,1-2,6-7,10-13H2. The van der Waals surface area contributed by atoms with Gasteiger partial charge >= 0.3 is 0 Å². The van der Waals surface area contributed by atoms with E-state index >= 15 is 0 Å². The van der Waals surface area contributed by atoms with E-state index in [4.69, 9.17) is 0 Å². The van der Waals surface area contributed by atoms with Crippen LogP contribution in [0.2, 0.25) is 0 Å². The van der Waals surface area contributed by atoms with Crippen molar-refractivity contribution in [1.29, 1.82) is 0 Å². The molecule has 1 aliphatic heterocycles. The average Bonchev–Trinajstić information content (AvgIpc) is 2.70. The topological polar surface area (TPSA) is 32.3 Å². The molecule has 3 rings (SSSR count). The van der Waals surface area contributed by atoms with Crippen molar-refractivity contribution in [2.45, 2.75) is 57.0 Å². The first-order chi connectivity index (χ1) is 9.84. The van der Waals surface area contributed by atoms with E-state index in [1.165, 1.54) is 44.1 Å². The van der Waals surface area contributed by atoms with Crippen LogP contribution in [-0.4, -0.2) is 29.6 Å². The van der Waals surface area contributed by atoms with Crippen LogP contribution in [-0.2, 0) is 11.2 Å². The van der Waals surface area contributed by atoms with Gasteiger partial charge in [-0.3, -0.25) is 10.1 Å². The Morgan fingerprint density at radius 3 is 2.45 bits per heavy atom. The first kappa shape index (κ1) is 13.6. The molecule has 0 bridgehead atoms. The summed E-state index contributed by atoms with van der Waals surface area (Å²) in [5.74, 6) is 0.306. The predicted octanol–water partition coefficient (Wildman–Crippen LogP) is 2.71. The number of benzene rings is 1. The number of carbonyl (C=O) groups is 1. The maximum atomic E-state index is 12.6. The van der Waals surface area contributed by atoms with E-state index in [0.29, 0.717) is 11.9 Å². The Labute approximate surface area is 121 Å². The van der Waals surface area contributed by atoms with E-state index in [-0.39, 0.29) is 6.04 Å². The van der Waals surface area contributed by atoms with E-state index < -0.39 is 0 Å². The maximum Gasteiger partial charge on any atom is 0.241 e. The summed E-state index contributed by atoms with van der Waals surface area (Å²) in [5, 5.41) is 3.40. The predicted molar refractivity (Wildman–Crippen MR) is 80.3 cm³/mol. The van der Waals surface area contributed by atoms with Gasteiger partial charge in [0.1, 0.15) is 0 Å². The molecule has 1 aromatic rings. The smallest absolute Gasteiger partial charge is 0.241 e. The molecule has 1 atom stereocenters. The summed E-state index contributed by atoms with van der Waals surface area (Å²) in [4.78, 5) is 14.7. The zero-order chi connectivity index (χ0) is 13.8. The van der Waals surface area contributed by atoms with Crippen LogP contribution >= 0.6 is 0 Å². The molecule has 1 aliphatic carbocycles. The van der Waals surface area contributed by atoms with Crippen LogP contribution in [0.15, 0.2) is 30.3 Å². The molecule has 108 valence electrons. The Morgan fingerprint density at radius 2 is 1.75 bits per heavy atom. The van der Waals surface area contributed by atoms with Crippen LogP contribution in [0, 0.1) is 0 Å². The second kappa shape index (κ2) is 6.40. The summed E-state index contributed by atoms with van der Waals surface area (Å²) in [6.07, 6.45) is 8.40. The number of amides is 1. The molecule has 3 nitrogen and oxygen atoms in total. The molecular formula is C17H24N2O. The lowest BCUT2D eigenvalue weighted by atomic mass is 10.0. The van der Waals surface area contributed by atoms with Crippen molar-refractivity contribution >= 4 is 5.91 Å². The third kappa shape index (κ3) is 3.04. The minimum Gasteiger partial charge on any atom is -0.326 e. The van der Waals surface area contributed by atoms with Gasteiger partial charge in [-0.15, -0.1) is 0 Å². The molecule has 1 amide bonds. The van der Waals surface area contributed by atoms with Crippen LogP contribution in [0.5, 0.6) is 0 Å². The van der Waals surface area contributed by atoms with E-state index in [9.17, 15) is 4.79 Å². The second-order valence-electron chi connectivity index (χ2n) is 6.06. The van der Waals surface area contributed by atoms with Crippen molar-refractivity contribution in [2.75, 3.05) is 6.67 Å². The van der Waals surface area contributed by atoms with Gasteiger partial charge in [0.15, 0.2) is 0 Å². The molecule has 0 spiro atoms. The summed E-state index contributed by atoms with van der Waals surface area (Å²) in [5.41, 5.74) is 1.24. The number of hydrogen-bond acceptors (Lipinski definition) is 2. The van der Waals surface area contributed by atoms with Gasteiger partial charge in [0.05, 0.1) is 12.7 Å². The lowest BCUT2D eigenvalue weighted by Crippen LogP contribution is -2.38. The molecule has 1 heterocycles. The summed E-state index contributed by atoms with van der Waals surface area (Å²) >= 11 is 0. The normalized spacial score (nSPS) is 24.9. The molecule has 0 aromatic heterocycles. The Hall–Kier alpha value is -1.35. The van der Waals surface area contributed by atoms with Gasteiger partial charge in [-0.2, -0.15) is 0 Å². The largest absolute Gasteiger partial charge is 0.326 e. The number of carbonyl (C=O) groups excluding carboxylic acids is 1. The minimum atomic E-state index is -0.0272. The highest BCUT2D eigenvalue weighted by atomic mass is 16.2. The van der Waals surface area contributed by atoms with Crippen LogP contribution in [0.4, 0.5) is 0 Å². The maximum absolute atomic E-state index is 12.6. The first-order valence-electron chi connectivity index (χ1n) is 7.92. The third-order valence-electron chi connectivity index (χ3n) is 4.64. The number of nitrogens with one attached hydrogen (secondary N) is 1. The van der Waals surface area contributed by atoms with E-state index in [0.717, 1.165) is 13.1 Å². The fourth-order valence-corrected chi connectivity index (χ4v) is 3.46. The van der Waals surface area contributed by atoms with Crippen molar-refractivity contribution < 1.29 is 4.79 Å². The molecule has 1 saturated heterocycles. The second-order valence-corrected chi connectivity index (χ2v) is 6.06. The number of hydrogen-bond donors (Lipinski definition) is 1. The SMILES string of the molecule is O=C1C(Cc2ccccc2)NCN1C1CCCCCC1. The first-order valence-corrected chi connectivity index (χ1v) is 7.92. The van der Waals surface area contributed by atoms with Gasteiger partial charge in [0.2, 0.25) is 5.91 Å². The van der Waals surface area contributed by atoms with Crippen molar-refractivity contribution in [3.05, 3.63) is 35.9 Å². The quantitative estimate of drug-likeness (QED) is 0.858. The fourth-order valence-electron chi connectivity index (χ4n) is 3.46. The fraction of sp³-hybridized carbons (Fsp3) is 0.588. The minimum absolute atomic E-state index is 0.0272. The van der Waals surface area contributed by atoms with Crippen LogP contribution in [0.25, 0.3) is 0 Å². The molecule has 3 heteroatoms. The highest BCUT2D eigenvalue weighted by Gasteiger charge is 2.35. The van der Waals surface area contributed by atoms with Crippen LogP contribution in [0.1, 0.15) is 44.1 Å². The monoisotopic (exact) mass is 272 g/mol. The summed E-state index contributed by atoms with van der Waals surface area (Å²) in [7, 11) is 0. The lowest BCUT2D eigenvalue weighted by Gasteiger charge is -2.26. The van der Waals surface area contributed by atoms with Gasteiger partial charge in [-0.25, -0.2) is 0 Å². The molecule has 1 saturated carbocycles. The van der Waals surface area contributed by atoms with Crippen molar-refractivity contribution in [3.8, 4) is 0 Å². The molecule has 0 radical (unpaired) electrons. The average molecular weight is 272 g/mol. The Balaban J connectivity index is 1.61. The van der Waals surface area contributed by atoms with Gasteiger partial charge < -0.3 is 4.90 Å². The highest BCUT2D eigenvalue weighted by Crippen LogP contribution is 2.24. The van der Waals surface area contributed by atoms with E-state index in [2.05, 4.69) is 22.3 Å². The summed E-state index contributed by atoms with van der Waals surface area (Å²) < 4.78 is 0. The Kier molecular flexibility index (Phi) is 4.36. The van der Waals surface area contributed by atoms with Crippen LogP contribution < -0.4 is 5.32 Å². The zero-order valence-electron chi connectivity index (χ0n) is 12.1. The molecule has 1 unspecified atom stereocenters. The van der Waals surface area contributed by atoms with Crippen LogP contribution in [0.3, 0.4) is 0 Å². The van der Waals surface area contributed by atoms with Crippen molar-refractivity contribution in [3.63, 3.8) is 0 Å². The molecule has 20 heavy (non-hydrogen) atoms. The highest BCUT2D eigenvalue weighted by molar-refractivity contribution is 5.84. The molecule has 1 N–H and O–H groups in total. The van der Waals surface area contributed by atoms with E-state index in [1.807, 2.05) is 18.2 Å².